The number of ether oxygens (including phenoxy) is 1. The Bertz CT molecular complexity index is 441. The summed E-state index contributed by atoms with van der Waals surface area (Å²) < 4.78 is 5.06. The van der Waals surface area contributed by atoms with Crippen molar-refractivity contribution >= 4 is 12.0 Å². The Labute approximate surface area is 118 Å². The molecule has 0 spiro atoms. The van der Waals surface area contributed by atoms with E-state index in [0.29, 0.717) is 6.54 Å². The molecule has 0 atom stereocenters. The second-order valence-electron chi connectivity index (χ2n) is 5.32. The summed E-state index contributed by atoms with van der Waals surface area (Å²) in [6, 6.07) is 3.69. The summed E-state index contributed by atoms with van der Waals surface area (Å²) in [5, 5.41) is 5.28. The average molecular weight is 279 g/mol. The summed E-state index contributed by atoms with van der Waals surface area (Å²) in [4.78, 5) is 26.9. The van der Waals surface area contributed by atoms with E-state index in [0.717, 1.165) is 5.56 Å². The number of hydrogen-bond acceptors (Lipinski definition) is 4. The summed E-state index contributed by atoms with van der Waals surface area (Å²) >= 11 is 0. The molecule has 0 bridgehead atoms. The van der Waals surface area contributed by atoms with Gasteiger partial charge in [-0.05, 0) is 32.4 Å². The lowest BCUT2D eigenvalue weighted by Gasteiger charge is -2.19. The Morgan fingerprint density at radius 3 is 2.65 bits per heavy atom. The summed E-state index contributed by atoms with van der Waals surface area (Å²) in [7, 11) is 0. The fraction of sp³-hybridized carbons (Fsp3) is 0.500. The fourth-order valence-corrected chi connectivity index (χ4v) is 1.38. The third-order valence-corrected chi connectivity index (χ3v) is 2.23. The van der Waals surface area contributed by atoms with E-state index >= 15 is 0 Å². The van der Waals surface area contributed by atoms with E-state index in [4.69, 9.17) is 4.74 Å². The second kappa shape index (κ2) is 7.47. The number of carbonyl (C=O) groups excluding carboxylic acids is 2. The molecular weight excluding hydrogens is 258 g/mol. The lowest BCUT2D eigenvalue weighted by molar-refractivity contribution is -0.121. The maximum absolute atomic E-state index is 11.6. The maximum Gasteiger partial charge on any atom is 0.407 e. The monoisotopic (exact) mass is 279 g/mol. The van der Waals surface area contributed by atoms with Gasteiger partial charge >= 0.3 is 6.09 Å². The SMILES string of the molecule is CC(C)(C)OC(=O)NCCC(=O)NCc1cccnc1. The first-order valence-electron chi connectivity index (χ1n) is 6.49. The fourth-order valence-electron chi connectivity index (χ4n) is 1.38. The number of pyridine rings is 1. The molecule has 0 saturated carbocycles. The molecule has 0 unspecified atom stereocenters. The minimum Gasteiger partial charge on any atom is -0.444 e. The van der Waals surface area contributed by atoms with E-state index in [1.807, 2.05) is 12.1 Å². The summed E-state index contributed by atoms with van der Waals surface area (Å²) in [6.45, 7) is 6.03. The first kappa shape index (κ1) is 15.9. The lowest BCUT2D eigenvalue weighted by Crippen LogP contribution is -2.35. The van der Waals surface area contributed by atoms with Gasteiger partial charge in [0.05, 0.1) is 0 Å². The smallest absolute Gasteiger partial charge is 0.407 e. The normalized spacial score (nSPS) is 10.8. The number of hydrogen-bond donors (Lipinski definition) is 2. The molecule has 0 saturated heterocycles. The molecule has 0 radical (unpaired) electrons. The van der Waals surface area contributed by atoms with Gasteiger partial charge in [0.1, 0.15) is 5.60 Å². The van der Waals surface area contributed by atoms with E-state index in [-0.39, 0.29) is 18.9 Å². The van der Waals surface area contributed by atoms with Crippen LogP contribution in [0.2, 0.25) is 0 Å². The number of nitrogens with one attached hydrogen (secondary N) is 2. The van der Waals surface area contributed by atoms with Gasteiger partial charge in [-0.15, -0.1) is 0 Å². The summed E-state index contributed by atoms with van der Waals surface area (Å²) in [5.41, 5.74) is 0.396. The zero-order chi connectivity index (χ0) is 15.0. The highest BCUT2D eigenvalue weighted by Gasteiger charge is 2.15. The van der Waals surface area contributed by atoms with Gasteiger partial charge in [0, 0.05) is 31.9 Å². The van der Waals surface area contributed by atoms with Gasteiger partial charge in [0.15, 0.2) is 0 Å². The first-order valence-corrected chi connectivity index (χ1v) is 6.49. The van der Waals surface area contributed by atoms with Crippen molar-refractivity contribution in [3.8, 4) is 0 Å². The first-order chi connectivity index (χ1) is 9.37. The minimum absolute atomic E-state index is 0.134. The van der Waals surface area contributed by atoms with Gasteiger partial charge in [-0.25, -0.2) is 4.79 Å². The predicted molar refractivity (Wildman–Crippen MR) is 74.9 cm³/mol. The number of nitrogens with zero attached hydrogens (tertiary/aromatic N) is 1. The number of rotatable bonds is 5. The van der Waals surface area contributed by atoms with Crippen LogP contribution in [-0.2, 0) is 16.1 Å². The molecule has 0 aliphatic heterocycles. The van der Waals surface area contributed by atoms with Gasteiger partial charge in [0.2, 0.25) is 5.91 Å². The van der Waals surface area contributed by atoms with Crippen LogP contribution in [-0.4, -0.2) is 29.1 Å². The highest BCUT2D eigenvalue weighted by atomic mass is 16.6. The lowest BCUT2D eigenvalue weighted by atomic mass is 10.2. The largest absolute Gasteiger partial charge is 0.444 e. The van der Waals surface area contributed by atoms with Crippen LogP contribution < -0.4 is 10.6 Å². The Hall–Kier alpha value is -2.11. The van der Waals surface area contributed by atoms with Gasteiger partial charge in [-0.3, -0.25) is 9.78 Å². The molecule has 1 aromatic heterocycles. The van der Waals surface area contributed by atoms with Crippen molar-refractivity contribution < 1.29 is 14.3 Å². The minimum atomic E-state index is -0.535. The van der Waals surface area contributed by atoms with Crippen molar-refractivity contribution in [2.75, 3.05) is 6.54 Å². The molecule has 20 heavy (non-hydrogen) atoms. The van der Waals surface area contributed by atoms with E-state index < -0.39 is 11.7 Å². The molecule has 1 rings (SSSR count). The second-order valence-corrected chi connectivity index (χ2v) is 5.32. The molecule has 0 aliphatic carbocycles. The topological polar surface area (TPSA) is 80.3 Å². The van der Waals surface area contributed by atoms with Gasteiger partial charge in [-0.2, -0.15) is 0 Å². The van der Waals surface area contributed by atoms with Crippen molar-refractivity contribution in [3.05, 3.63) is 30.1 Å². The Kier molecular flexibility index (Phi) is 5.96. The number of alkyl carbamates (subject to hydrolysis) is 1. The van der Waals surface area contributed by atoms with E-state index in [2.05, 4.69) is 15.6 Å². The molecule has 0 aliphatic rings. The third kappa shape index (κ3) is 7.35. The molecule has 2 N–H and O–H groups in total. The Morgan fingerprint density at radius 1 is 1.30 bits per heavy atom. The van der Waals surface area contributed by atoms with Crippen LogP contribution in [0.5, 0.6) is 0 Å². The van der Waals surface area contributed by atoms with Crippen molar-refractivity contribution in [1.82, 2.24) is 15.6 Å². The van der Waals surface area contributed by atoms with Crippen LogP contribution in [0.4, 0.5) is 4.79 Å². The zero-order valence-electron chi connectivity index (χ0n) is 12.1. The molecule has 0 aromatic carbocycles. The zero-order valence-corrected chi connectivity index (χ0v) is 12.1. The molecule has 1 heterocycles. The van der Waals surface area contributed by atoms with Crippen LogP contribution in [0, 0.1) is 0 Å². The van der Waals surface area contributed by atoms with Crippen molar-refractivity contribution in [1.29, 1.82) is 0 Å². The Balaban J connectivity index is 2.16. The van der Waals surface area contributed by atoms with Crippen molar-refractivity contribution in [2.45, 2.75) is 39.3 Å². The Morgan fingerprint density at radius 2 is 2.05 bits per heavy atom. The predicted octanol–water partition coefficient (Wildman–Crippen LogP) is 1.61. The van der Waals surface area contributed by atoms with Gasteiger partial charge in [0.25, 0.3) is 0 Å². The van der Waals surface area contributed by atoms with E-state index in [1.54, 1.807) is 33.2 Å². The molecule has 1 aromatic rings. The summed E-state index contributed by atoms with van der Waals surface area (Å²) in [6.07, 6.45) is 3.06. The molecule has 0 fully saturated rings. The number of carbonyl (C=O) groups is 2. The van der Waals surface area contributed by atoms with Crippen LogP contribution in [0.15, 0.2) is 24.5 Å². The molecule has 2 amide bonds. The quantitative estimate of drug-likeness (QED) is 0.858. The van der Waals surface area contributed by atoms with Crippen LogP contribution >= 0.6 is 0 Å². The average Bonchev–Trinajstić information content (AvgIpc) is 2.35. The third-order valence-electron chi connectivity index (χ3n) is 2.23. The standard InChI is InChI=1S/C14H21N3O3/c1-14(2,3)20-13(19)16-8-6-12(18)17-10-11-5-4-7-15-9-11/h4-5,7,9H,6,8,10H2,1-3H3,(H,16,19)(H,17,18). The highest BCUT2D eigenvalue weighted by Crippen LogP contribution is 2.06. The molecule has 6 heteroatoms. The van der Waals surface area contributed by atoms with Crippen LogP contribution in [0.1, 0.15) is 32.8 Å². The summed E-state index contributed by atoms with van der Waals surface area (Å²) in [5.74, 6) is -0.134. The maximum atomic E-state index is 11.6. The van der Waals surface area contributed by atoms with Gasteiger partial charge < -0.3 is 15.4 Å². The van der Waals surface area contributed by atoms with Crippen molar-refractivity contribution in [2.24, 2.45) is 0 Å². The van der Waals surface area contributed by atoms with E-state index in [9.17, 15) is 9.59 Å². The van der Waals surface area contributed by atoms with Crippen LogP contribution in [0.25, 0.3) is 0 Å². The van der Waals surface area contributed by atoms with Crippen LogP contribution in [0.3, 0.4) is 0 Å². The van der Waals surface area contributed by atoms with E-state index in [1.165, 1.54) is 0 Å². The van der Waals surface area contributed by atoms with Gasteiger partial charge in [-0.1, -0.05) is 6.07 Å². The van der Waals surface area contributed by atoms with Crippen molar-refractivity contribution in [3.63, 3.8) is 0 Å². The number of aromatic nitrogens is 1. The molecule has 6 nitrogen and oxygen atoms in total. The molecule has 110 valence electrons. The highest BCUT2D eigenvalue weighted by molar-refractivity contribution is 5.77. The molecular formula is C14H21N3O3. The number of amides is 2.